The van der Waals surface area contributed by atoms with Crippen LogP contribution in [0.3, 0.4) is 0 Å². The normalized spacial score (nSPS) is 11.6. The van der Waals surface area contributed by atoms with Crippen LogP contribution in [0.2, 0.25) is 0 Å². The summed E-state index contributed by atoms with van der Waals surface area (Å²) >= 11 is 1.41. The highest BCUT2D eigenvalue weighted by atomic mass is 32.1. The number of aryl methyl sites for hydroxylation is 1. The molecule has 1 aromatic heterocycles. The second-order valence-electron chi connectivity index (χ2n) is 4.56. The lowest BCUT2D eigenvalue weighted by molar-refractivity contribution is 0.0942. The summed E-state index contributed by atoms with van der Waals surface area (Å²) in [5.41, 5.74) is 1.02. The van der Waals surface area contributed by atoms with E-state index in [4.69, 9.17) is 5.11 Å². The van der Waals surface area contributed by atoms with Gasteiger partial charge < -0.3 is 10.4 Å². The molecule has 0 fully saturated rings. The van der Waals surface area contributed by atoms with Crippen molar-refractivity contribution in [2.75, 3.05) is 6.61 Å². The molecule has 104 valence electrons. The fourth-order valence-electron chi connectivity index (χ4n) is 1.72. The highest BCUT2D eigenvalue weighted by Gasteiger charge is 2.13. The van der Waals surface area contributed by atoms with Crippen molar-refractivity contribution in [3.05, 3.63) is 21.4 Å². The molecule has 0 saturated heterocycles. The monoisotopic (exact) mass is 279 g/mol. The summed E-state index contributed by atoms with van der Waals surface area (Å²) in [6.07, 6.45) is 2.51. The molecule has 1 heterocycles. The van der Waals surface area contributed by atoms with E-state index in [0.717, 1.165) is 23.3 Å². The maximum Gasteiger partial charge on any atom is 0.261 e. The molecule has 19 heavy (non-hydrogen) atoms. The van der Waals surface area contributed by atoms with Crippen LogP contribution in [0.4, 0.5) is 0 Å². The number of carbonyl (C=O) groups is 1. The Labute approximate surface area is 119 Å². The summed E-state index contributed by atoms with van der Waals surface area (Å²) in [7, 11) is 0. The van der Waals surface area contributed by atoms with Crippen molar-refractivity contribution in [2.45, 2.75) is 46.1 Å². The van der Waals surface area contributed by atoms with E-state index in [0.29, 0.717) is 11.3 Å². The molecule has 0 spiro atoms. The maximum absolute atomic E-state index is 12.0. The zero-order valence-corrected chi connectivity index (χ0v) is 12.6. The van der Waals surface area contributed by atoms with Crippen LogP contribution in [0, 0.1) is 18.8 Å². The van der Waals surface area contributed by atoms with E-state index >= 15 is 0 Å². The van der Waals surface area contributed by atoms with Crippen molar-refractivity contribution < 1.29 is 9.90 Å². The van der Waals surface area contributed by atoms with Crippen molar-refractivity contribution >= 4 is 17.2 Å². The molecule has 0 saturated carbocycles. The van der Waals surface area contributed by atoms with Crippen LogP contribution < -0.4 is 5.32 Å². The predicted molar refractivity (Wildman–Crippen MR) is 79.5 cm³/mol. The fraction of sp³-hybridized carbons (Fsp3) is 0.533. The molecule has 1 rings (SSSR count). The standard InChI is InChI=1S/C15H21NO2S/c1-4-7-12(3)16-15(18)14-10-11(2)13(19-14)8-5-6-9-17/h10,12,17H,4,6-7,9H2,1-3H3,(H,16,18). The quantitative estimate of drug-likeness (QED) is 0.814. The van der Waals surface area contributed by atoms with Gasteiger partial charge in [0.15, 0.2) is 0 Å². The lowest BCUT2D eigenvalue weighted by Gasteiger charge is -2.11. The third-order valence-corrected chi connectivity index (χ3v) is 3.83. The van der Waals surface area contributed by atoms with Gasteiger partial charge in [0.25, 0.3) is 5.91 Å². The number of hydrogen-bond acceptors (Lipinski definition) is 3. The molecule has 0 radical (unpaired) electrons. The summed E-state index contributed by atoms with van der Waals surface area (Å²) in [5, 5.41) is 11.7. The second-order valence-corrected chi connectivity index (χ2v) is 5.61. The fourth-order valence-corrected chi connectivity index (χ4v) is 2.67. The zero-order valence-electron chi connectivity index (χ0n) is 11.7. The summed E-state index contributed by atoms with van der Waals surface area (Å²) < 4.78 is 0. The van der Waals surface area contributed by atoms with Crippen molar-refractivity contribution in [1.29, 1.82) is 0 Å². The molecule has 1 unspecified atom stereocenters. The molecule has 0 aliphatic carbocycles. The average molecular weight is 279 g/mol. The lowest BCUT2D eigenvalue weighted by Crippen LogP contribution is -2.31. The number of aliphatic hydroxyl groups is 1. The molecule has 1 aromatic rings. The number of nitrogens with one attached hydrogen (secondary N) is 1. The number of hydrogen-bond donors (Lipinski definition) is 2. The lowest BCUT2D eigenvalue weighted by atomic mass is 10.2. The minimum atomic E-state index is -0.0238. The average Bonchev–Trinajstić information content (AvgIpc) is 2.72. The Morgan fingerprint density at radius 1 is 1.58 bits per heavy atom. The van der Waals surface area contributed by atoms with Gasteiger partial charge in [0.05, 0.1) is 16.4 Å². The van der Waals surface area contributed by atoms with Gasteiger partial charge in [-0.25, -0.2) is 0 Å². The van der Waals surface area contributed by atoms with Crippen LogP contribution in [-0.4, -0.2) is 23.7 Å². The van der Waals surface area contributed by atoms with Crippen LogP contribution >= 0.6 is 11.3 Å². The number of thiophene rings is 1. The van der Waals surface area contributed by atoms with Gasteiger partial charge >= 0.3 is 0 Å². The van der Waals surface area contributed by atoms with Gasteiger partial charge in [-0.05, 0) is 31.9 Å². The van der Waals surface area contributed by atoms with Gasteiger partial charge in [0.2, 0.25) is 0 Å². The first kappa shape index (κ1) is 15.7. The molecule has 1 atom stereocenters. The van der Waals surface area contributed by atoms with E-state index in [-0.39, 0.29) is 18.6 Å². The first-order valence-electron chi connectivity index (χ1n) is 6.59. The smallest absolute Gasteiger partial charge is 0.261 e. The molecule has 4 heteroatoms. The van der Waals surface area contributed by atoms with E-state index in [1.165, 1.54) is 11.3 Å². The van der Waals surface area contributed by atoms with E-state index in [1.807, 2.05) is 19.9 Å². The molecule has 0 bridgehead atoms. The summed E-state index contributed by atoms with van der Waals surface area (Å²) in [6, 6.07) is 2.07. The van der Waals surface area contributed by atoms with Gasteiger partial charge in [-0.15, -0.1) is 11.3 Å². The Kier molecular flexibility index (Phi) is 6.61. The first-order valence-corrected chi connectivity index (χ1v) is 7.41. The van der Waals surface area contributed by atoms with Crippen LogP contribution in [-0.2, 0) is 0 Å². The molecule has 1 amide bonds. The van der Waals surface area contributed by atoms with Crippen molar-refractivity contribution in [1.82, 2.24) is 5.32 Å². The third-order valence-electron chi connectivity index (χ3n) is 2.68. The largest absolute Gasteiger partial charge is 0.395 e. The Morgan fingerprint density at radius 3 is 2.95 bits per heavy atom. The number of aliphatic hydroxyl groups excluding tert-OH is 1. The summed E-state index contributed by atoms with van der Waals surface area (Å²) in [6.45, 7) is 6.14. The van der Waals surface area contributed by atoms with E-state index in [2.05, 4.69) is 24.1 Å². The van der Waals surface area contributed by atoms with Gasteiger partial charge in [0.1, 0.15) is 0 Å². The minimum Gasteiger partial charge on any atom is -0.395 e. The zero-order chi connectivity index (χ0) is 14.3. The third kappa shape index (κ3) is 5.06. The Bertz CT molecular complexity index is 482. The molecule has 0 aliphatic heterocycles. The van der Waals surface area contributed by atoms with Gasteiger partial charge in [-0.1, -0.05) is 25.2 Å². The number of rotatable bonds is 5. The van der Waals surface area contributed by atoms with Crippen molar-refractivity contribution in [3.8, 4) is 11.8 Å². The van der Waals surface area contributed by atoms with E-state index in [9.17, 15) is 4.79 Å². The van der Waals surface area contributed by atoms with Gasteiger partial charge in [-0.3, -0.25) is 4.79 Å². The van der Waals surface area contributed by atoms with Gasteiger partial charge in [0, 0.05) is 12.5 Å². The van der Waals surface area contributed by atoms with Crippen LogP contribution in [0.1, 0.15) is 53.2 Å². The highest BCUT2D eigenvalue weighted by Crippen LogP contribution is 2.21. The second kappa shape index (κ2) is 7.98. The Morgan fingerprint density at radius 2 is 2.32 bits per heavy atom. The first-order chi connectivity index (χ1) is 9.08. The SMILES string of the molecule is CCCC(C)NC(=O)c1cc(C)c(C#CCCO)s1. The highest BCUT2D eigenvalue weighted by molar-refractivity contribution is 7.14. The number of carbonyl (C=O) groups excluding carboxylic acids is 1. The maximum atomic E-state index is 12.0. The van der Waals surface area contributed by atoms with Crippen molar-refractivity contribution in [2.24, 2.45) is 0 Å². The Balaban J connectivity index is 2.72. The van der Waals surface area contributed by atoms with Crippen molar-refractivity contribution in [3.63, 3.8) is 0 Å². The predicted octanol–water partition coefficient (Wildman–Crippen LogP) is 2.71. The molecule has 0 aromatic carbocycles. The number of amides is 1. The molecule has 3 nitrogen and oxygen atoms in total. The summed E-state index contributed by atoms with van der Waals surface area (Å²) in [4.78, 5) is 13.6. The van der Waals surface area contributed by atoms with Gasteiger partial charge in [-0.2, -0.15) is 0 Å². The Hall–Kier alpha value is -1.31. The van der Waals surface area contributed by atoms with Crippen LogP contribution in [0.25, 0.3) is 0 Å². The van der Waals surface area contributed by atoms with Crippen LogP contribution in [0.15, 0.2) is 6.07 Å². The minimum absolute atomic E-state index is 0.0238. The molecule has 2 N–H and O–H groups in total. The van der Waals surface area contributed by atoms with E-state index in [1.54, 1.807) is 0 Å². The molecular formula is C15H21NO2S. The topological polar surface area (TPSA) is 49.3 Å². The summed E-state index contributed by atoms with van der Waals surface area (Å²) in [5.74, 6) is 5.86. The molecular weight excluding hydrogens is 258 g/mol. The molecule has 0 aliphatic rings. The van der Waals surface area contributed by atoms with Crippen LogP contribution in [0.5, 0.6) is 0 Å². The van der Waals surface area contributed by atoms with E-state index < -0.39 is 0 Å².